The van der Waals surface area contributed by atoms with Gasteiger partial charge >= 0.3 is 0 Å². The van der Waals surface area contributed by atoms with Gasteiger partial charge in [0.05, 0.1) is 5.52 Å². The lowest BCUT2D eigenvalue weighted by molar-refractivity contribution is 0.997. The van der Waals surface area contributed by atoms with Crippen molar-refractivity contribution in [2.75, 3.05) is 5.73 Å². The summed E-state index contributed by atoms with van der Waals surface area (Å²) in [6.45, 7) is 4.16. The number of rotatable bonds is 5. The lowest BCUT2D eigenvalue weighted by Crippen LogP contribution is -2.00. The van der Waals surface area contributed by atoms with Crippen LogP contribution < -0.4 is 5.73 Å². The van der Waals surface area contributed by atoms with Gasteiger partial charge in [0, 0.05) is 16.6 Å². The first kappa shape index (κ1) is 30.7. The van der Waals surface area contributed by atoms with Crippen molar-refractivity contribution in [1.29, 1.82) is 0 Å². The molecule has 2 nitrogen and oxygen atoms in total. The van der Waals surface area contributed by atoms with E-state index < -0.39 is 0 Å². The minimum Gasteiger partial charge on any atom is -0.384 e. The Kier molecular flexibility index (Phi) is 6.72. The Labute approximate surface area is 314 Å². The van der Waals surface area contributed by atoms with Crippen molar-refractivity contribution in [3.63, 3.8) is 0 Å². The Hall–Kier alpha value is -6.90. The van der Waals surface area contributed by atoms with Gasteiger partial charge in [0.25, 0.3) is 0 Å². The van der Waals surface area contributed by atoms with Crippen molar-refractivity contribution >= 4 is 50.4 Å². The molecular weight excluding hydrogens is 653 g/mol. The molecule has 54 heavy (non-hydrogen) atoms. The lowest BCUT2D eigenvalue weighted by Gasteiger charge is -2.20. The Morgan fingerprint density at radius 3 is 1.80 bits per heavy atom. The maximum Gasteiger partial charge on any atom is 0.116 e. The van der Waals surface area contributed by atoms with Gasteiger partial charge in [-0.25, -0.2) is 0 Å². The number of aryl methyl sites for hydroxylation is 1. The van der Waals surface area contributed by atoms with E-state index in [0.29, 0.717) is 0 Å². The summed E-state index contributed by atoms with van der Waals surface area (Å²) in [7, 11) is 0. The number of benzene rings is 8. The first-order valence-corrected chi connectivity index (χ1v) is 18.8. The SMILES string of the molecule is C=Cc1c(N)n(-c2ccc(-c3ccc4c5c(cccc35)-c3c-4c(-c4ccccc4)c4ccccc4c3-c3ccccc3)cc2)c2ccc3c(c12)CCC=C3. The van der Waals surface area contributed by atoms with E-state index in [0.717, 1.165) is 35.4 Å². The number of hydrogen-bond donors (Lipinski definition) is 1. The molecule has 2 aliphatic carbocycles. The molecule has 2 N–H and O–H groups in total. The molecule has 0 unspecified atom stereocenters. The first-order valence-electron chi connectivity index (χ1n) is 18.8. The third-order valence-electron chi connectivity index (χ3n) is 11.8. The van der Waals surface area contributed by atoms with E-state index in [1.165, 1.54) is 93.7 Å². The number of nitrogens with two attached hydrogens (primary N) is 1. The van der Waals surface area contributed by atoms with Crippen molar-refractivity contribution in [2.45, 2.75) is 12.8 Å². The van der Waals surface area contributed by atoms with E-state index in [9.17, 15) is 0 Å². The second-order valence-electron chi connectivity index (χ2n) is 14.5. The zero-order chi connectivity index (χ0) is 35.9. The minimum absolute atomic E-state index is 0.731. The summed E-state index contributed by atoms with van der Waals surface area (Å²) in [4.78, 5) is 0. The van der Waals surface area contributed by atoms with Gasteiger partial charge in [-0.2, -0.15) is 0 Å². The molecule has 2 heteroatoms. The van der Waals surface area contributed by atoms with Crippen LogP contribution in [-0.4, -0.2) is 4.57 Å². The van der Waals surface area contributed by atoms with Gasteiger partial charge in [-0.3, -0.25) is 4.57 Å². The number of nitrogens with zero attached hydrogens (tertiary/aromatic N) is 1. The van der Waals surface area contributed by atoms with E-state index >= 15 is 0 Å². The van der Waals surface area contributed by atoms with Crippen molar-refractivity contribution in [3.05, 3.63) is 181 Å². The summed E-state index contributed by atoms with van der Waals surface area (Å²) in [5.41, 5.74) is 25.4. The van der Waals surface area contributed by atoms with Gasteiger partial charge in [0.1, 0.15) is 5.82 Å². The zero-order valence-corrected chi connectivity index (χ0v) is 29.8. The van der Waals surface area contributed by atoms with Gasteiger partial charge < -0.3 is 5.73 Å². The molecule has 0 fully saturated rings. The predicted molar refractivity (Wildman–Crippen MR) is 231 cm³/mol. The van der Waals surface area contributed by atoms with Gasteiger partial charge in [-0.05, 0) is 119 Å². The van der Waals surface area contributed by atoms with Crippen LogP contribution in [0.2, 0.25) is 0 Å². The summed E-state index contributed by atoms with van der Waals surface area (Å²) in [5.74, 6) is 0.731. The summed E-state index contributed by atoms with van der Waals surface area (Å²) < 4.78 is 2.19. The third kappa shape index (κ3) is 4.28. The molecule has 254 valence electrons. The van der Waals surface area contributed by atoms with Crippen LogP contribution in [0.25, 0.3) is 106 Å². The molecule has 2 aliphatic rings. The quantitative estimate of drug-likeness (QED) is 0.192. The molecule has 11 rings (SSSR count). The van der Waals surface area contributed by atoms with Gasteiger partial charge in [-0.15, -0.1) is 0 Å². The highest BCUT2D eigenvalue weighted by Gasteiger charge is 2.31. The summed E-state index contributed by atoms with van der Waals surface area (Å²) in [5, 5.41) is 6.34. The van der Waals surface area contributed by atoms with Crippen LogP contribution in [0.5, 0.6) is 0 Å². The predicted octanol–water partition coefficient (Wildman–Crippen LogP) is 13.8. The van der Waals surface area contributed by atoms with Gasteiger partial charge in [0.2, 0.25) is 0 Å². The van der Waals surface area contributed by atoms with E-state index in [2.05, 4.69) is 175 Å². The second-order valence-corrected chi connectivity index (χ2v) is 14.5. The first-order chi connectivity index (χ1) is 26.7. The van der Waals surface area contributed by atoms with E-state index in [-0.39, 0.29) is 0 Å². The molecule has 0 saturated heterocycles. The van der Waals surface area contributed by atoms with E-state index in [1.807, 2.05) is 6.08 Å². The van der Waals surface area contributed by atoms with Crippen LogP contribution in [0.4, 0.5) is 5.82 Å². The molecule has 0 bridgehead atoms. The number of hydrogen-bond acceptors (Lipinski definition) is 1. The molecular formula is C52H36N2. The van der Waals surface area contributed by atoms with Crippen molar-refractivity contribution in [3.8, 4) is 61.3 Å². The highest BCUT2D eigenvalue weighted by Crippen LogP contribution is 2.58. The van der Waals surface area contributed by atoms with Gasteiger partial charge in [-0.1, -0.05) is 158 Å². The monoisotopic (exact) mass is 688 g/mol. The fourth-order valence-corrected chi connectivity index (χ4v) is 9.52. The second kappa shape index (κ2) is 11.8. The number of aromatic nitrogens is 1. The van der Waals surface area contributed by atoms with Crippen LogP contribution >= 0.6 is 0 Å². The number of fused-ring (bicyclic) bond motifs is 7. The topological polar surface area (TPSA) is 30.9 Å². The summed E-state index contributed by atoms with van der Waals surface area (Å²) in [6, 6.07) is 55.7. The molecule has 0 amide bonds. The fourth-order valence-electron chi connectivity index (χ4n) is 9.52. The van der Waals surface area contributed by atoms with Crippen LogP contribution in [0, 0.1) is 0 Å². The minimum atomic E-state index is 0.731. The Bertz CT molecular complexity index is 2940. The largest absolute Gasteiger partial charge is 0.384 e. The average molecular weight is 689 g/mol. The number of nitrogen functional groups attached to an aromatic ring is 1. The highest BCUT2D eigenvalue weighted by atomic mass is 15.1. The average Bonchev–Trinajstić information content (AvgIpc) is 3.72. The van der Waals surface area contributed by atoms with Crippen molar-refractivity contribution < 1.29 is 0 Å². The summed E-state index contributed by atoms with van der Waals surface area (Å²) in [6.07, 6.45) is 8.46. The van der Waals surface area contributed by atoms with Crippen molar-refractivity contribution in [2.24, 2.45) is 0 Å². The molecule has 0 spiro atoms. The van der Waals surface area contributed by atoms with E-state index in [1.54, 1.807) is 0 Å². The molecule has 0 aliphatic heterocycles. The molecule has 1 heterocycles. The maximum atomic E-state index is 6.92. The Morgan fingerprint density at radius 1 is 0.519 bits per heavy atom. The highest BCUT2D eigenvalue weighted by molar-refractivity contribution is 6.28. The smallest absolute Gasteiger partial charge is 0.116 e. The Morgan fingerprint density at radius 2 is 1.13 bits per heavy atom. The maximum absolute atomic E-state index is 6.92. The third-order valence-corrected chi connectivity index (χ3v) is 11.8. The molecule has 1 aromatic heterocycles. The van der Waals surface area contributed by atoms with Gasteiger partial charge in [0.15, 0.2) is 0 Å². The zero-order valence-electron chi connectivity index (χ0n) is 29.8. The molecule has 0 atom stereocenters. The van der Waals surface area contributed by atoms with Crippen LogP contribution in [0.1, 0.15) is 23.1 Å². The van der Waals surface area contributed by atoms with Crippen LogP contribution in [0.15, 0.2) is 164 Å². The lowest BCUT2D eigenvalue weighted by atomic mass is 9.82. The number of anilines is 1. The van der Waals surface area contributed by atoms with Crippen LogP contribution in [0.3, 0.4) is 0 Å². The molecule has 0 radical (unpaired) electrons. The Balaban J connectivity index is 1.12. The normalized spacial score (nSPS) is 12.7. The molecule has 0 saturated carbocycles. The fraction of sp³-hybridized carbons (Fsp3) is 0.0385. The number of allylic oxidation sites excluding steroid dienone is 1. The molecule has 8 aromatic carbocycles. The standard InChI is InChI=1S/C52H36N2/c1-2-37-49-39-19-10-9-14-32(39)26-31-45(49)54(52(37)53)36-27-24-33(25-28-36)38-29-30-44-48-40(38)22-13-23-43(48)50-46(34-15-5-3-6-16-34)41-20-11-12-21-42(41)47(51(44)50)35-17-7-4-8-18-35/h2-9,11-18,20-31H,1,10,19,53H2. The van der Waals surface area contributed by atoms with Crippen molar-refractivity contribution in [1.82, 2.24) is 4.57 Å². The summed E-state index contributed by atoms with van der Waals surface area (Å²) >= 11 is 0. The molecule has 9 aromatic rings. The van der Waals surface area contributed by atoms with E-state index in [4.69, 9.17) is 5.73 Å². The van der Waals surface area contributed by atoms with Crippen LogP contribution in [-0.2, 0) is 6.42 Å².